The van der Waals surface area contributed by atoms with E-state index in [2.05, 4.69) is 0 Å². The van der Waals surface area contributed by atoms with Crippen molar-refractivity contribution in [2.45, 2.75) is 25.1 Å². The van der Waals surface area contributed by atoms with Crippen molar-refractivity contribution in [1.82, 2.24) is 0 Å². The maximum atomic E-state index is 12.8. The number of β-amino-alcohol motifs (C(OH)–C–C–N with tert-alkyl or cyclic N) is 1. The lowest BCUT2D eigenvalue weighted by Crippen LogP contribution is -2.47. The summed E-state index contributed by atoms with van der Waals surface area (Å²) in [5, 5.41) is 20.4. The van der Waals surface area contributed by atoms with Crippen molar-refractivity contribution in [3.05, 3.63) is 32.8 Å². The molecular formula is C12H12ClF3N2O3. The zero-order valence-corrected chi connectivity index (χ0v) is 11.7. The molecule has 0 spiro atoms. The smallest absolute Gasteiger partial charge is 0.379 e. The van der Waals surface area contributed by atoms with Crippen molar-refractivity contribution in [2.24, 2.45) is 0 Å². The number of hydrogen-bond donors (Lipinski definition) is 1. The number of aliphatic hydroxyl groups is 1. The van der Waals surface area contributed by atoms with Gasteiger partial charge in [-0.1, -0.05) is 11.6 Å². The van der Waals surface area contributed by atoms with Gasteiger partial charge in [0.25, 0.3) is 5.69 Å². The van der Waals surface area contributed by atoms with E-state index in [1.807, 2.05) is 0 Å². The van der Waals surface area contributed by atoms with Gasteiger partial charge >= 0.3 is 6.18 Å². The quantitative estimate of drug-likeness (QED) is 0.670. The molecule has 1 aromatic carbocycles. The average Bonchev–Trinajstić information content (AvgIpc) is 2.74. The summed E-state index contributed by atoms with van der Waals surface area (Å²) in [6.07, 6.45) is -5.20. The fourth-order valence-electron chi connectivity index (χ4n) is 2.33. The normalized spacial score (nSPS) is 22.7. The van der Waals surface area contributed by atoms with E-state index >= 15 is 0 Å². The minimum atomic E-state index is -4.73. The van der Waals surface area contributed by atoms with E-state index in [4.69, 9.17) is 11.6 Å². The Bertz CT molecular complexity index is 594. The summed E-state index contributed by atoms with van der Waals surface area (Å²) in [6, 6.07) is 2.47. The monoisotopic (exact) mass is 324 g/mol. The van der Waals surface area contributed by atoms with Crippen LogP contribution in [0.2, 0.25) is 5.02 Å². The molecule has 1 aliphatic rings. The Morgan fingerprint density at radius 2 is 2.10 bits per heavy atom. The van der Waals surface area contributed by atoms with Gasteiger partial charge in [-0.2, -0.15) is 13.2 Å². The van der Waals surface area contributed by atoms with E-state index in [-0.39, 0.29) is 22.9 Å². The van der Waals surface area contributed by atoms with Crippen molar-refractivity contribution in [3.63, 3.8) is 0 Å². The number of rotatable bonds is 2. The molecule has 21 heavy (non-hydrogen) atoms. The number of benzene rings is 1. The molecule has 0 amide bonds. The molecule has 0 saturated carbocycles. The minimum Gasteiger partial charge on any atom is -0.379 e. The van der Waals surface area contributed by atoms with Crippen molar-refractivity contribution >= 4 is 23.0 Å². The lowest BCUT2D eigenvalue weighted by molar-refractivity contribution is -0.385. The topological polar surface area (TPSA) is 66.6 Å². The Labute approximate surface area is 123 Å². The van der Waals surface area contributed by atoms with Gasteiger partial charge in [0.1, 0.15) is 0 Å². The standard InChI is InChI=1S/C12H12ClF3N2O3/c1-7-4-10(8(13)5-9(7)18(20)21)17-3-2-11(19,6-17)12(14,15)16/h4-5,19H,2-3,6H2,1H3. The van der Waals surface area contributed by atoms with E-state index < -0.39 is 29.7 Å². The number of halogens is 4. The molecule has 0 aliphatic carbocycles. The van der Waals surface area contributed by atoms with E-state index in [0.717, 1.165) is 6.07 Å². The molecule has 0 radical (unpaired) electrons. The fraction of sp³-hybridized carbons (Fsp3) is 0.500. The van der Waals surface area contributed by atoms with Gasteiger partial charge in [0.15, 0.2) is 5.60 Å². The van der Waals surface area contributed by atoms with Crippen LogP contribution < -0.4 is 4.90 Å². The Hall–Kier alpha value is -1.54. The molecule has 1 saturated heterocycles. The zero-order chi connectivity index (χ0) is 16.0. The van der Waals surface area contributed by atoms with Crippen LogP contribution in [0, 0.1) is 17.0 Å². The third kappa shape index (κ3) is 2.77. The maximum absolute atomic E-state index is 12.8. The highest BCUT2D eigenvalue weighted by Crippen LogP contribution is 2.41. The molecule has 116 valence electrons. The summed E-state index contributed by atoms with van der Waals surface area (Å²) in [5.41, 5.74) is -2.44. The second-order valence-electron chi connectivity index (χ2n) is 5.05. The number of aryl methyl sites for hydroxylation is 1. The Morgan fingerprint density at radius 1 is 1.48 bits per heavy atom. The van der Waals surface area contributed by atoms with Gasteiger partial charge in [-0.15, -0.1) is 0 Å². The lowest BCUT2D eigenvalue weighted by Gasteiger charge is -2.27. The van der Waals surface area contributed by atoms with E-state index in [1.165, 1.54) is 17.9 Å². The van der Waals surface area contributed by atoms with Crippen molar-refractivity contribution in [2.75, 3.05) is 18.0 Å². The third-order valence-electron chi connectivity index (χ3n) is 3.58. The number of nitro groups is 1. The molecule has 1 N–H and O–H groups in total. The predicted molar refractivity (Wildman–Crippen MR) is 70.7 cm³/mol. The summed E-state index contributed by atoms with van der Waals surface area (Å²) < 4.78 is 38.4. The molecule has 1 atom stereocenters. The average molecular weight is 325 g/mol. The third-order valence-corrected chi connectivity index (χ3v) is 3.88. The maximum Gasteiger partial charge on any atom is 0.418 e. The van der Waals surface area contributed by atoms with Crippen LogP contribution >= 0.6 is 11.6 Å². The summed E-state index contributed by atoms with van der Waals surface area (Å²) in [6.45, 7) is 0.796. The van der Waals surface area contributed by atoms with Crippen LogP contribution in [0.4, 0.5) is 24.5 Å². The Kier molecular flexibility index (Phi) is 3.79. The van der Waals surface area contributed by atoms with Gasteiger partial charge < -0.3 is 10.0 Å². The summed E-state index contributed by atoms with van der Waals surface area (Å²) in [7, 11) is 0. The zero-order valence-electron chi connectivity index (χ0n) is 10.9. The molecule has 0 aromatic heterocycles. The summed E-state index contributed by atoms with van der Waals surface area (Å²) >= 11 is 5.92. The van der Waals surface area contributed by atoms with Gasteiger partial charge in [-0.05, 0) is 13.0 Å². The van der Waals surface area contributed by atoms with E-state index in [9.17, 15) is 28.4 Å². The van der Waals surface area contributed by atoms with Crippen LogP contribution in [0.15, 0.2) is 12.1 Å². The van der Waals surface area contributed by atoms with Crippen LogP contribution in [0.3, 0.4) is 0 Å². The number of nitrogens with zero attached hydrogens (tertiary/aromatic N) is 2. The lowest BCUT2D eigenvalue weighted by atomic mass is 10.0. The molecule has 2 rings (SSSR count). The molecule has 1 aromatic rings. The fourth-order valence-corrected chi connectivity index (χ4v) is 2.60. The number of hydrogen-bond acceptors (Lipinski definition) is 4. The molecule has 1 fully saturated rings. The van der Waals surface area contributed by atoms with Crippen molar-refractivity contribution in [1.29, 1.82) is 0 Å². The summed E-state index contributed by atoms with van der Waals surface area (Å²) in [4.78, 5) is 11.5. The number of anilines is 1. The molecule has 1 unspecified atom stereocenters. The van der Waals surface area contributed by atoms with Gasteiger partial charge in [0.2, 0.25) is 0 Å². The molecular weight excluding hydrogens is 313 g/mol. The number of nitro benzene ring substituents is 1. The molecule has 1 heterocycles. The molecule has 1 aliphatic heterocycles. The first-order valence-electron chi connectivity index (χ1n) is 6.04. The number of alkyl halides is 3. The first-order chi connectivity index (χ1) is 9.55. The highest BCUT2D eigenvalue weighted by Gasteiger charge is 2.57. The SMILES string of the molecule is Cc1cc(N2CCC(O)(C(F)(F)F)C2)c(Cl)cc1[N+](=O)[O-]. The highest BCUT2D eigenvalue weighted by atomic mass is 35.5. The van der Waals surface area contributed by atoms with Crippen molar-refractivity contribution in [3.8, 4) is 0 Å². The first-order valence-corrected chi connectivity index (χ1v) is 6.41. The van der Waals surface area contributed by atoms with Crippen LogP contribution in [0.25, 0.3) is 0 Å². The van der Waals surface area contributed by atoms with Crippen molar-refractivity contribution < 1.29 is 23.2 Å². The minimum absolute atomic E-state index is 0.0151. The van der Waals surface area contributed by atoms with Gasteiger partial charge in [-0.25, -0.2) is 0 Å². The van der Waals surface area contributed by atoms with Gasteiger partial charge in [-0.3, -0.25) is 10.1 Å². The Balaban J connectivity index is 2.33. The Morgan fingerprint density at radius 3 is 2.57 bits per heavy atom. The predicted octanol–water partition coefficient (Wildman–Crippen LogP) is 3.06. The second kappa shape index (κ2) is 5.03. The van der Waals surface area contributed by atoms with Crippen LogP contribution in [0.1, 0.15) is 12.0 Å². The second-order valence-corrected chi connectivity index (χ2v) is 5.46. The summed E-state index contributed by atoms with van der Waals surface area (Å²) in [5.74, 6) is 0. The highest BCUT2D eigenvalue weighted by molar-refractivity contribution is 6.33. The van der Waals surface area contributed by atoms with Gasteiger partial charge in [0, 0.05) is 24.6 Å². The van der Waals surface area contributed by atoms with Gasteiger partial charge in [0.05, 0.1) is 22.2 Å². The molecule has 9 heteroatoms. The largest absolute Gasteiger partial charge is 0.418 e. The molecule has 0 bridgehead atoms. The van der Waals surface area contributed by atoms with Crippen LogP contribution in [-0.4, -0.2) is 34.9 Å². The molecule has 5 nitrogen and oxygen atoms in total. The van der Waals surface area contributed by atoms with Crippen LogP contribution in [-0.2, 0) is 0 Å². The first kappa shape index (κ1) is 15.8. The van der Waals surface area contributed by atoms with E-state index in [1.54, 1.807) is 0 Å². The van der Waals surface area contributed by atoms with Crippen LogP contribution in [0.5, 0.6) is 0 Å². The van der Waals surface area contributed by atoms with E-state index in [0.29, 0.717) is 5.56 Å².